The maximum Gasteiger partial charge on any atom is 0.191 e. The molecule has 0 bridgehead atoms. The van der Waals surface area contributed by atoms with Crippen molar-refractivity contribution in [2.24, 2.45) is 16.3 Å². The molecule has 0 aliphatic heterocycles. The van der Waals surface area contributed by atoms with Crippen molar-refractivity contribution < 1.29 is 8.42 Å². The van der Waals surface area contributed by atoms with Gasteiger partial charge in [-0.2, -0.15) is 0 Å². The molecular formula is C20H36IN3O2S. The molecule has 0 atom stereocenters. The number of hydrogen-bond donors (Lipinski definition) is 2. The molecule has 0 aliphatic carbocycles. The second-order valence-corrected chi connectivity index (χ2v) is 10.2. The quantitative estimate of drug-likeness (QED) is 0.314. The van der Waals surface area contributed by atoms with Gasteiger partial charge in [-0.3, -0.25) is 0 Å². The van der Waals surface area contributed by atoms with Gasteiger partial charge in [0.05, 0.1) is 11.4 Å². The average Bonchev–Trinajstić information content (AvgIpc) is 2.47. The number of nitrogens with one attached hydrogen (secondary N) is 2. The van der Waals surface area contributed by atoms with E-state index < -0.39 is 9.84 Å². The maximum absolute atomic E-state index is 11.7. The molecule has 0 aromatic heterocycles. The Morgan fingerprint density at radius 1 is 1.22 bits per heavy atom. The molecule has 0 saturated heterocycles. The molecule has 7 heteroatoms. The van der Waals surface area contributed by atoms with Crippen LogP contribution < -0.4 is 10.6 Å². The summed E-state index contributed by atoms with van der Waals surface area (Å²) in [6, 6.07) is 5.40. The summed E-state index contributed by atoms with van der Waals surface area (Å²) in [5.74, 6) is 1.44. The number of halogens is 1. The van der Waals surface area contributed by atoms with Crippen molar-refractivity contribution in [1.82, 2.24) is 10.6 Å². The monoisotopic (exact) mass is 509 g/mol. The van der Waals surface area contributed by atoms with Crippen molar-refractivity contribution >= 4 is 39.8 Å². The van der Waals surface area contributed by atoms with Gasteiger partial charge >= 0.3 is 0 Å². The van der Waals surface area contributed by atoms with Crippen molar-refractivity contribution in [2.75, 3.05) is 19.3 Å². The van der Waals surface area contributed by atoms with E-state index in [-0.39, 0.29) is 29.4 Å². The molecule has 0 spiro atoms. The molecule has 1 aromatic rings. The number of aryl methyl sites for hydroxylation is 1. The predicted octanol–water partition coefficient (Wildman–Crippen LogP) is 4.14. The maximum atomic E-state index is 11.7. The lowest BCUT2D eigenvalue weighted by atomic mass is 9.84. The molecule has 0 saturated carbocycles. The highest BCUT2D eigenvalue weighted by Gasteiger charge is 2.19. The van der Waals surface area contributed by atoms with Gasteiger partial charge < -0.3 is 10.6 Å². The van der Waals surface area contributed by atoms with Crippen LogP contribution in [0.4, 0.5) is 0 Å². The van der Waals surface area contributed by atoms with Crippen LogP contribution in [0, 0.1) is 18.3 Å². The third-order valence-corrected chi connectivity index (χ3v) is 5.36. The van der Waals surface area contributed by atoms with Crippen molar-refractivity contribution in [2.45, 2.75) is 59.4 Å². The summed E-state index contributed by atoms with van der Waals surface area (Å²) in [4.78, 5) is 5.02. The fourth-order valence-corrected chi connectivity index (χ4v) is 4.20. The molecule has 2 N–H and O–H groups in total. The Morgan fingerprint density at radius 2 is 1.85 bits per heavy atom. The highest BCUT2D eigenvalue weighted by Crippen LogP contribution is 2.24. The highest BCUT2D eigenvalue weighted by molar-refractivity contribution is 14.0. The van der Waals surface area contributed by atoms with Gasteiger partial charge in [-0.15, -0.1) is 24.0 Å². The van der Waals surface area contributed by atoms with Gasteiger partial charge in [-0.1, -0.05) is 39.8 Å². The number of guanidine groups is 1. The minimum Gasteiger partial charge on any atom is -0.357 e. The molecule has 156 valence electrons. The van der Waals surface area contributed by atoms with Gasteiger partial charge in [-0.25, -0.2) is 13.4 Å². The minimum absolute atomic E-state index is 0. The van der Waals surface area contributed by atoms with Crippen molar-refractivity contribution in [3.63, 3.8) is 0 Å². The van der Waals surface area contributed by atoms with Gasteiger partial charge in [0, 0.05) is 19.3 Å². The van der Waals surface area contributed by atoms with Crippen LogP contribution in [0.15, 0.2) is 28.1 Å². The fourth-order valence-electron chi connectivity index (χ4n) is 3.24. The standard InChI is InChI=1S/C20H35N3O2S.HI/c1-8-21-19(23-14-20(5,6)12-15(2)3)22-13-17-9-10-18(16(4)11-17)26(7,24)25;/h9-11,15H,8,12-14H2,1-7H3,(H2,21,22,23);1H. The SMILES string of the molecule is CCNC(=NCc1ccc(S(C)(=O)=O)c(C)c1)NCC(C)(C)CC(C)C.I. The summed E-state index contributed by atoms with van der Waals surface area (Å²) in [6.45, 7) is 15.0. The number of hydrogen-bond acceptors (Lipinski definition) is 3. The third-order valence-electron chi connectivity index (χ3n) is 4.10. The summed E-state index contributed by atoms with van der Waals surface area (Å²) in [7, 11) is -3.19. The van der Waals surface area contributed by atoms with Crippen LogP contribution in [0.2, 0.25) is 0 Å². The molecular weight excluding hydrogens is 473 g/mol. The lowest BCUT2D eigenvalue weighted by molar-refractivity contribution is 0.286. The minimum atomic E-state index is -3.19. The highest BCUT2D eigenvalue weighted by atomic mass is 127. The first-order chi connectivity index (χ1) is 11.9. The van der Waals surface area contributed by atoms with Crippen LogP contribution in [0.5, 0.6) is 0 Å². The summed E-state index contributed by atoms with van der Waals surface area (Å²) in [6.07, 6.45) is 2.38. The normalized spacial score (nSPS) is 12.7. The molecule has 0 radical (unpaired) electrons. The first-order valence-electron chi connectivity index (χ1n) is 9.26. The lowest BCUT2D eigenvalue weighted by Gasteiger charge is -2.28. The number of rotatable bonds is 8. The molecule has 0 heterocycles. The van der Waals surface area contributed by atoms with E-state index in [1.54, 1.807) is 6.07 Å². The van der Waals surface area contributed by atoms with E-state index >= 15 is 0 Å². The van der Waals surface area contributed by atoms with Gasteiger partial charge in [0.15, 0.2) is 15.8 Å². The van der Waals surface area contributed by atoms with Crippen molar-refractivity contribution in [1.29, 1.82) is 0 Å². The fraction of sp³-hybridized carbons (Fsp3) is 0.650. The van der Waals surface area contributed by atoms with Gasteiger partial charge in [0.25, 0.3) is 0 Å². The van der Waals surface area contributed by atoms with E-state index in [1.807, 2.05) is 26.0 Å². The van der Waals surface area contributed by atoms with Crippen LogP contribution in [-0.2, 0) is 16.4 Å². The van der Waals surface area contributed by atoms with Gasteiger partial charge in [-0.05, 0) is 48.8 Å². The van der Waals surface area contributed by atoms with Crippen molar-refractivity contribution in [3.8, 4) is 0 Å². The topological polar surface area (TPSA) is 70.6 Å². The van der Waals surface area contributed by atoms with E-state index in [4.69, 9.17) is 0 Å². The predicted molar refractivity (Wildman–Crippen MR) is 126 cm³/mol. The Morgan fingerprint density at radius 3 is 2.33 bits per heavy atom. The summed E-state index contributed by atoms with van der Waals surface area (Å²) in [5.41, 5.74) is 1.95. The molecule has 5 nitrogen and oxygen atoms in total. The zero-order valence-corrected chi connectivity index (χ0v) is 20.9. The van der Waals surface area contributed by atoms with Crippen LogP contribution in [0.25, 0.3) is 0 Å². The average molecular weight is 509 g/mol. The van der Waals surface area contributed by atoms with E-state index in [0.29, 0.717) is 17.4 Å². The Labute approximate surface area is 182 Å². The second kappa shape index (κ2) is 11.2. The first-order valence-corrected chi connectivity index (χ1v) is 11.2. The largest absolute Gasteiger partial charge is 0.357 e. The zero-order chi connectivity index (χ0) is 20.0. The Kier molecular flexibility index (Phi) is 10.9. The Bertz CT molecular complexity index is 729. The second-order valence-electron chi connectivity index (χ2n) is 8.18. The van der Waals surface area contributed by atoms with E-state index in [2.05, 4.69) is 43.3 Å². The molecule has 0 amide bonds. The van der Waals surface area contributed by atoms with Crippen LogP contribution in [-0.4, -0.2) is 33.7 Å². The van der Waals surface area contributed by atoms with Crippen LogP contribution in [0.3, 0.4) is 0 Å². The molecule has 0 fully saturated rings. The summed E-state index contributed by atoms with van der Waals surface area (Å²) in [5, 5.41) is 6.70. The third kappa shape index (κ3) is 9.78. The molecule has 1 aromatic carbocycles. The molecule has 27 heavy (non-hydrogen) atoms. The van der Waals surface area contributed by atoms with Crippen molar-refractivity contribution in [3.05, 3.63) is 29.3 Å². The molecule has 0 unspecified atom stereocenters. The Hall–Kier alpha value is -0.830. The lowest BCUT2D eigenvalue weighted by Crippen LogP contribution is -2.42. The number of benzene rings is 1. The van der Waals surface area contributed by atoms with E-state index in [0.717, 1.165) is 36.6 Å². The zero-order valence-electron chi connectivity index (χ0n) is 17.7. The smallest absolute Gasteiger partial charge is 0.191 e. The summed E-state index contributed by atoms with van der Waals surface area (Å²) < 4.78 is 23.4. The first kappa shape index (κ1) is 26.2. The van der Waals surface area contributed by atoms with E-state index in [1.165, 1.54) is 6.26 Å². The van der Waals surface area contributed by atoms with E-state index in [9.17, 15) is 8.42 Å². The van der Waals surface area contributed by atoms with Crippen LogP contribution in [0.1, 0.15) is 52.2 Å². The van der Waals surface area contributed by atoms with Crippen LogP contribution >= 0.6 is 24.0 Å². The summed E-state index contributed by atoms with van der Waals surface area (Å²) >= 11 is 0. The van der Waals surface area contributed by atoms with Gasteiger partial charge in [0.1, 0.15) is 0 Å². The number of nitrogens with zero attached hydrogens (tertiary/aromatic N) is 1. The molecule has 0 aliphatic rings. The van der Waals surface area contributed by atoms with Gasteiger partial charge in [0.2, 0.25) is 0 Å². The Balaban J connectivity index is 0.00000676. The number of aliphatic imine (C=N–C) groups is 1. The molecule has 1 rings (SSSR count). The number of sulfone groups is 1.